The summed E-state index contributed by atoms with van der Waals surface area (Å²) in [4.78, 5) is 6.74. The molecule has 0 saturated carbocycles. The number of anilines is 1. The molecule has 0 fully saturated rings. The number of pyridine rings is 1. The van der Waals surface area contributed by atoms with Crippen LogP contribution in [0.2, 0.25) is 0 Å². The van der Waals surface area contributed by atoms with E-state index in [-0.39, 0.29) is 0 Å². The van der Waals surface area contributed by atoms with Crippen LogP contribution >= 0.6 is 0 Å². The van der Waals surface area contributed by atoms with Crippen molar-refractivity contribution in [1.29, 1.82) is 0 Å². The van der Waals surface area contributed by atoms with Gasteiger partial charge in [-0.05, 0) is 29.1 Å². The van der Waals surface area contributed by atoms with E-state index in [0.29, 0.717) is 13.2 Å². The van der Waals surface area contributed by atoms with E-state index in [9.17, 15) is 0 Å². The fourth-order valence-electron chi connectivity index (χ4n) is 2.93. The summed E-state index contributed by atoms with van der Waals surface area (Å²) in [5, 5.41) is 2.19. The maximum Gasteiger partial charge on any atom is 0.162 e. The van der Waals surface area contributed by atoms with Gasteiger partial charge in [0.05, 0.1) is 0 Å². The summed E-state index contributed by atoms with van der Waals surface area (Å²) in [6.07, 6.45) is 1.84. The molecule has 4 heteroatoms. The van der Waals surface area contributed by atoms with Gasteiger partial charge >= 0.3 is 0 Å². The van der Waals surface area contributed by atoms with Gasteiger partial charge in [-0.3, -0.25) is 0 Å². The van der Waals surface area contributed by atoms with Gasteiger partial charge in [-0.2, -0.15) is 0 Å². The van der Waals surface area contributed by atoms with Crippen molar-refractivity contribution < 1.29 is 9.47 Å². The molecule has 0 unspecified atom stereocenters. The van der Waals surface area contributed by atoms with Gasteiger partial charge in [-0.25, -0.2) is 4.98 Å². The molecule has 0 spiro atoms. The zero-order valence-electron chi connectivity index (χ0n) is 13.0. The Balaban J connectivity index is 1.74. The van der Waals surface area contributed by atoms with Crippen LogP contribution in [0.25, 0.3) is 10.8 Å². The van der Waals surface area contributed by atoms with Crippen molar-refractivity contribution in [3.8, 4) is 11.5 Å². The lowest BCUT2D eigenvalue weighted by molar-refractivity contribution is 0.172. The minimum Gasteiger partial charge on any atom is -0.486 e. The molecule has 0 amide bonds. The number of ether oxygens (including phenoxy) is 2. The summed E-state index contributed by atoms with van der Waals surface area (Å²) in [6, 6.07) is 16.5. The van der Waals surface area contributed by atoms with E-state index >= 15 is 0 Å². The molecule has 4 nitrogen and oxygen atoms in total. The molecule has 23 heavy (non-hydrogen) atoms. The second-order valence-corrected chi connectivity index (χ2v) is 5.69. The molecule has 4 rings (SSSR count). The largest absolute Gasteiger partial charge is 0.486 e. The topological polar surface area (TPSA) is 34.6 Å². The molecule has 2 aromatic carbocycles. The minimum atomic E-state index is 0.591. The first kappa shape index (κ1) is 13.9. The second-order valence-electron chi connectivity index (χ2n) is 5.69. The van der Waals surface area contributed by atoms with Crippen LogP contribution in [0.3, 0.4) is 0 Å². The van der Waals surface area contributed by atoms with E-state index in [4.69, 9.17) is 9.47 Å². The highest BCUT2D eigenvalue weighted by atomic mass is 16.6. The van der Waals surface area contributed by atoms with Crippen LogP contribution in [0.15, 0.2) is 54.7 Å². The third-order valence-corrected chi connectivity index (χ3v) is 4.03. The van der Waals surface area contributed by atoms with Crippen LogP contribution in [0.1, 0.15) is 5.56 Å². The van der Waals surface area contributed by atoms with Crippen LogP contribution in [0.5, 0.6) is 11.5 Å². The van der Waals surface area contributed by atoms with Crippen LogP contribution in [0, 0.1) is 0 Å². The molecule has 0 N–H and O–H groups in total. The minimum absolute atomic E-state index is 0.591. The van der Waals surface area contributed by atoms with Crippen LogP contribution in [-0.2, 0) is 6.54 Å². The maximum atomic E-state index is 5.71. The lowest BCUT2D eigenvalue weighted by Crippen LogP contribution is -2.18. The fraction of sp³-hybridized carbons (Fsp3) is 0.211. The van der Waals surface area contributed by atoms with Gasteiger partial charge in [0.15, 0.2) is 11.5 Å². The zero-order valence-corrected chi connectivity index (χ0v) is 13.0. The molecule has 3 aromatic rings. The molecule has 2 heterocycles. The maximum absolute atomic E-state index is 5.71. The number of fused-ring (bicyclic) bond motifs is 2. The van der Waals surface area contributed by atoms with Crippen molar-refractivity contribution in [2.24, 2.45) is 0 Å². The molecule has 0 saturated heterocycles. The van der Waals surface area contributed by atoms with Gasteiger partial charge in [0.1, 0.15) is 19.0 Å². The van der Waals surface area contributed by atoms with E-state index in [1.54, 1.807) is 0 Å². The summed E-state index contributed by atoms with van der Waals surface area (Å²) in [5.41, 5.74) is 1.26. The van der Waals surface area contributed by atoms with E-state index in [1.165, 1.54) is 5.56 Å². The lowest BCUT2D eigenvalue weighted by atomic mass is 10.1. The second kappa shape index (κ2) is 5.80. The van der Waals surface area contributed by atoms with E-state index in [2.05, 4.69) is 41.2 Å². The SMILES string of the molecule is CN(Cc1ccccc1)c1nccc2cc3c(cc12)OCCO3. The number of nitrogens with zero attached hydrogens (tertiary/aromatic N) is 2. The standard InChI is InChI=1S/C19H18N2O2/c1-21(13-14-5-3-2-4-6-14)19-16-12-18-17(22-9-10-23-18)11-15(16)7-8-20-19/h2-8,11-12H,9-10,13H2,1H3. The Hall–Kier alpha value is -2.75. The Bertz CT molecular complexity index is 833. The highest BCUT2D eigenvalue weighted by Crippen LogP contribution is 2.37. The average molecular weight is 306 g/mol. The zero-order chi connectivity index (χ0) is 15.6. The molecule has 0 aliphatic carbocycles. The molecule has 1 aromatic heterocycles. The summed E-state index contributed by atoms with van der Waals surface area (Å²) >= 11 is 0. The smallest absolute Gasteiger partial charge is 0.162 e. The highest BCUT2D eigenvalue weighted by Gasteiger charge is 2.16. The van der Waals surface area contributed by atoms with Crippen LogP contribution in [0.4, 0.5) is 5.82 Å². The van der Waals surface area contributed by atoms with Crippen molar-refractivity contribution in [3.05, 3.63) is 60.3 Å². The van der Waals surface area contributed by atoms with E-state index in [1.807, 2.05) is 30.5 Å². The Morgan fingerprint density at radius 1 is 1.00 bits per heavy atom. The molecular weight excluding hydrogens is 288 g/mol. The third kappa shape index (κ3) is 2.68. The van der Waals surface area contributed by atoms with Crippen molar-refractivity contribution in [2.45, 2.75) is 6.54 Å². The van der Waals surface area contributed by atoms with Crippen molar-refractivity contribution in [2.75, 3.05) is 25.2 Å². The van der Waals surface area contributed by atoms with Gasteiger partial charge < -0.3 is 14.4 Å². The lowest BCUT2D eigenvalue weighted by Gasteiger charge is -2.22. The van der Waals surface area contributed by atoms with Gasteiger partial charge in [0.25, 0.3) is 0 Å². The van der Waals surface area contributed by atoms with Gasteiger partial charge in [0, 0.05) is 25.2 Å². The molecule has 0 radical (unpaired) electrons. The molecule has 0 atom stereocenters. The summed E-state index contributed by atoms with van der Waals surface area (Å²) in [6.45, 7) is 2.00. The number of hydrogen-bond acceptors (Lipinski definition) is 4. The van der Waals surface area contributed by atoms with Crippen LogP contribution in [-0.4, -0.2) is 25.2 Å². The van der Waals surface area contributed by atoms with Crippen molar-refractivity contribution in [1.82, 2.24) is 4.98 Å². The van der Waals surface area contributed by atoms with Crippen molar-refractivity contribution >= 4 is 16.6 Å². The normalized spacial score (nSPS) is 13.1. The predicted molar refractivity (Wildman–Crippen MR) is 91.3 cm³/mol. The monoisotopic (exact) mass is 306 g/mol. The predicted octanol–water partition coefficient (Wildman–Crippen LogP) is 3.64. The van der Waals surface area contributed by atoms with Crippen molar-refractivity contribution in [3.63, 3.8) is 0 Å². The molecule has 0 bridgehead atoms. The first-order valence-electron chi connectivity index (χ1n) is 7.75. The molecule has 1 aliphatic rings. The van der Waals surface area contributed by atoms with Gasteiger partial charge in [0.2, 0.25) is 0 Å². The summed E-state index contributed by atoms with van der Waals surface area (Å²) in [7, 11) is 2.06. The number of rotatable bonds is 3. The summed E-state index contributed by atoms with van der Waals surface area (Å²) < 4.78 is 11.4. The quantitative estimate of drug-likeness (QED) is 0.740. The van der Waals surface area contributed by atoms with Gasteiger partial charge in [-0.1, -0.05) is 30.3 Å². The van der Waals surface area contributed by atoms with Gasteiger partial charge in [-0.15, -0.1) is 0 Å². The Morgan fingerprint density at radius 3 is 2.52 bits per heavy atom. The number of hydrogen-bond donors (Lipinski definition) is 0. The Morgan fingerprint density at radius 2 is 1.74 bits per heavy atom. The van der Waals surface area contributed by atoms with E-state index in [0.717, 1.165) is 34.6 Å². The Kier molecular flexibility index (Phi) is 3.50. The number of aromatic nitrogens is 1. The average Bonchev–Trinajstić information content (AvgIpc) is 2.60. The molecule has 1 aliphatic heterocycles. The summed E-state index contributed by atoms with van der Waals surface area (Å²) in [5.74, 6) is 2.56. The molecular formula is C19H18N2O2. The first-order valence-corrected chi connectivity index (χ1v) is 7.75. The number of benzene rings is 2. The van der Waals surface area contributed by atoms with E-state index < -0.39 is 0 Å². The first-order chi connectivity index (χ1) is 11.3. The Labute approximate surface area is 135 Å². The van der Waals surface area contributed by atoms with Crippen LogP contribution < -0.4 is 14.4 Å². The highest BCUT2D eigenvalue weighted by molar-refractivity contribution is 5.94. The molecule has 116 valence electrons. The third-order valence-electron chi connectivity index (χ3n) is 4.03. The fourth-order valence-corrected chi connectivity index (χ4v) is 2.93.